The highest BCUT2D eigenvalue weighted by Gasteiger charge is 2.14. The van der Waals surface area contributed by atoms with Crippen LogP contribution in [0, 0.1) is 0 Å². The van der Waals surface area contributed by atoms with E-state index in [1.165, 1.54) is 0 Å². The fourth-order valence-electron chi connectivity index (χ4n) is 2.09. The average Bonchev–Trinajstić information content (AvgIpc) is 2.87. The first-order valence-corrected chi connectivity index (χ1v) is 7.37. The molecular formula is C14H10Cl3N3O. The summed E-state index contributed by atoms with van der Waals surface area (Å²) in [5, 5.41) is 0.947. The quantitative estimate of drug-likeness (QED) is 0.659. The van der Waals surface area contributed by atoms with Gasteiger partial charge in [-0.2, -0.15) is 4.98 Å². The van der Waals surface area contributed by atoms with E-state index in [0.29, 0.717) is 27.4 Å². The Morgan fingerprint density at radius 1 is 1.10 bits per heavy atom. The summed E-state index contributed by atoms with van der Waals surface area (Å²) >= 11 is 18.1. The van der Waals surface area contributed by atoms with Crippen LogP contribution < -0.4 is 4.74 Å². The second-order valence-electron chi connectivity index (χ2n) is 4.29. The molecule has 0 N–H and O–H groups in total. The Labute approximate surface area is 136 Å². The van der Waals surface area contributed by atoms with Crippen LogP contribution in [0.25, 0.3) is 16.9 Å². The highest BCUT2D eigenvalue weighted by Crippen LogP contribution is 2.28. The summed E-state index contributed by atoms with van der Waals surface area (Å²) in [6.45, 7) is 0. The second-order valence-corrected chi connectivity index (χ2v) is 5.37. The molecule has 3 aromatic rings. The molecule has 3 rings (SSSR count). The Hall–Kier alpha value is -1.49. The minimum absolute atomic E-state index is 0.249. The van der Waals surface area contributed by atoms with Gasteiger partial charge in [-0.05, 0) is 24.3 Å². The zero-order valence-electron chi connectivity index (χ0n) is 11.0. The van der Waals surface area contributed by atoms with E-state index < -0.39 is 0 Å². The molecule has 0 saturated carbocycles. The number of imidazole rings is 1. The molecule has 0 saturated heterocycles. The molecule has 0 spiro atoms. The van der Waals surface area contributed by atoms with Crippen LogP contribution in [0.4, 0.5) is 0 Å². The predicted molar refractivity (Wildman–Crippen MR) is 85.0 cm³/mol. The largest absolute Gasteiger partial charge is 0.481 e. The van der Waals surface area contributed by atoms with E-state index in [0.717, 1.165) is 11.2 Å². The van der Waals surface area contributed by atoms with Gasteiger partial charge in [0.15, 0.2) is 5.65 Å². The molecule has 7 heteroatoms. The Morgan fingerprint density at radius 2 is 1.90 bits per heavy atom. The van der Waals surface area contributed by atoms with E-state index in [2.05, 4.69) is 9.97 Å². The van der Waals surface area contributed by atoms with Gasteiger partial charge in [-0.25, -0.2) is 4.98 Å². The fourth-order valence-corrected chi connectivity index (χ4v) is 2.56. The summed E-state index contributed by atoms with van der Waals surface area (Å²) in [5.41, 5.74) is 2.18. The van der Waals surface area contributed by atoms with Gasteiger partial charge in [0.25, 0.3) is 0 Å². The molecule has 2 heterocycles. The van der Waals surface area contributed by atoms with Crippen LogP contribution in [0.5, 0.6) is 5.88 Å². The zero-order chi connectivity index (χ0) is 15.0. The van der Waals surface area contributed by atoms with E-state index >= 15 is 0 Å². The lowest BCUT2D eigenvalue weighted by Gasteiger charge is -2.08. The topological polar surface area (TPSA) is 39.9 Å². The number of aromatic nitrogens is 3. The molecule has 2 aromatic heterocycles. The number of alkyl halides is 1. The lowest BCUT2D eigenvalue weighted by molar-refractivity contribution is 0.399. The SMILES string of the molecule is COc1ccc2nc(CCl)n(-c3ccc(Cl)c(Cl)c3)c2n1. The molecule has 0 atom stereocenters. The molecular weight excluding hydrogens is 333 g/mol. The van der Waals surface area contributed by atoms with Crippen molar-refractivity contribution in [3.05, 3.63) is 46.2 Å². The third-order valence-corrected chi connectivity index (χ3v) is 4.02. The van der Waals surface area contributed by atoms with Crippen LogP contribution in [-0.2, 0) is 5.88 Å². The monoisotopic (exact) mass is 341 g/mol. The number of hydrogen-bond donors (Lipinski definition) is 0. The first kappa shape index (κ1) is 14.4. The van der Waals surface area contributed by atoms with Crippen LogP contribution in [-0.4, -0.2) is 21.6 Å². The van der Waals surface area contributed by atoms with Crippen molar-refractivity contribution in [2.75, 3.05) is 7.11 Å². The lowest BCUT2D eigenvalue weighted by atomic mass is 10.3. The molecule has 0 aliphatic carbocycles. The maximum atomic E-state index is 6.09. The first-order chi connectivity index (χ1) is 10.1. The highest BCUT2D eigenvalue weighted by atomic mass is 35.5. The molecule has 108 valence electrons. The van der Waals surface area contributed by atoms with Crippen molar-refractivity contribution in [3.63, 3.8) is 0 Å². The molecule has 1 aromatic carbocycles. The van der Waals surface area contributed by atoms with Crippen LogP contribution in [0.2, 0.25) is 10.0 Å². The maximum Gasteiger partial charge on any atom is 0.215 e. The molecule has 21 heavy (non-hydrogen) atoms. The standard InChI is InChI=1S/C14H10Cl3N3O/c1-21-13-5-4-11-14(19-13)20(12(7-15)18-11)8-2-3-9(16)10(17)6-8/h2-6H,7H2,1H3. The molecule has 0 aliphatic rings. The number of methoxy groups -OCH3 is 1. The minimum Gasteiger partial charge on any atom is -0.481 e. The van der Waals surface area contributed by atoms with Crippen LogP contribution in [0.15, 0.2) is 30.3 Å². The second kappa shape index (κ2) is 5.72. The number of pyridine rings is 1. The molecule has 0 bridgehead atoms. The summed E-state index contributed by atoms with van der Waals surface area (Å²) in [4.78, 5) is 8.91. The Morgan fingerprint density at radius 3 is 2.57 bits per heavy atom. The summed E-state index contributed by atoms with van der Waals surface area (Å²) in [5.74, 6) is 1.43. The number of nitrogens with zero attached hydrogens (tertiary/aromatic N) is 3. The van der Waals surface area contributed by atoms with Crippen LogP contribution in [0.1, 0.15) is 5.82 Å². The van der Waals surface area contributed by atoms with Crippen molar-refractivity contribution in [2.45, 2.75) is 5.88 Å². The number of fused-ring (bicyclic) bond motifs is 1. The van der Waals surface area contributed by atoms with Gasteiger partial charge in [0.1, 0.15) is 11.3 Å². The summed E-state index contributed by atoms with van der Waals surface area (Å²) < 4.78 is 7.01. The molecule has 4 nitrogen and oxygen atoms in total. The lowest BCUT2D eigenvalue weighted by Crippen LogP contribution is -2.01. The number of benzene rings is 1. The van der Waals surface area contributed by atoms with Crippen molar-refractivity contribution in [1.29, 1.82) is 0 Å². The maximum absolute atomic E-state index is 6.09. The smallest absolute Gasteiger partial charge is 0.215 e. The number of halogens is 3. The van der Waals surface area contributed by atoms with E-state index in [9.17, 15) is 0 Å². The summed E-state index contributed by atoms with van der Waals surface area (Å²) in [7, 11) is 1.57. The number of hydrogen-bond acceptors (Lipinski definition) is 3. The van der Waals surface area contributed by atoms with Gasteiger partial charge in [0.2, 0.25) is 5.88 Å². The average molecular weight is 343 g/mol. The zero-order valence-corrected chi connectivity index (χ0v) is 13.2. The predicted octanol–water partition coefficient (Wildman–Crippen LogP) is 4.47. The van der Waals surface area contributed by atoms with Crippen molar-refractivity contribution >= 4 is 46.0 Å². The molecule has 0 fully saturated rings. The molecule has 0 aliphatic heterocycles. The normalized spacial score (nSPS) is 11.0. The van der Waals surface area contributed by atoms with Crippen molar-refractivity contribution in [2.24, 2.45) is 0 Å². The van der Waals surface area contributed by atoms with E-state index in [1.807, 2.05) is 16.7 Å². The minimum atomic E-state index is 0.249. The molecule has 0 amide bonds. The summed E-state index contributed by atoms with van der Waals surface area (Å²) in [6.07, 6.45) is 0. The van der Waals surface area contributed by atoms with E-state index in [-0.39, 0.29) is 5.88 Å². The van der Waals surface area contributed by atoms with Gasteiger partial charge in [-0.1, -0.05) is 23.2 Å². The van der Waals surface area contributed by atoms with Crippen LogP contribution in [0.3, 0.4) is 0 Å². The Bertz CT molecular complexity index is 817. The number of rotatable bonds is 3. The van der Waals surface area contributed by atoms with Gasteiger partial charge in [-0.15, -0.1) is 11.6 Å². The highest BCUT2D eigenvalue weighted by molar-refractivity contribution is 6.42. The molecule has 0 unspecified atom stereocenters. The first-order valence-electron chi connectivity index (χ1n) is 6.08. The Balaban J connectivity index is 2.30. The van der Waals surface area contributed by atoms with E-state index in [1.54, 1.807) is 25.3 Å². The third-order valence-electron chi connectivity index (χ3n) is 3.04. The van der Waals surface area contributed by atoms with Gasteiger partial charge >= 0.3 is 0 Å². The fraction of sp³-hybridized carbons (Fsp3) is 0.143. The van der Waals surface area contributed by atoms with E-state index in [4.69, 9.17) is 39.5 Å². The van der Waals surface area contributed by atoms with Crippen molar-refractivity contribution < 1.29 is 4.74 Å². The van der Waals surface area contributed by atoms with Gasteiger partial charge in [0, 0.05) is 6.07 Å². The van der Waals surface area contributed by atoms with Gasteiger partial charge < -0.3 is 4.74 Å². The van der Waals surface area contributed by atoms with Gasteiger partial charge in [-0.3, -0.25) is 4.57 Å². The molecule has 0 radical (unpaired) electrons. The van der Waals surface area contributed by atoms with Crippen molar-refractivity contribution in [3.8, 4) is 11.6 Å². The summed E-state index contributed by atoms with van der Waals surface area (Å²) in [6, 6.07) is 8.91. The Kier molecular flexibility index (Phi) is 3.93. The third kappa shape index (κ3) is 2.55. The number of ether oxygens (including phenoxy) is 1. The van der Waals surface area contributed by atoms with Crippen LogP contribution >= 0.6 is 34.8 Å². The van der Waals surface area contributed by atoms with Gasteiger partial charge in [0.05, 0.1) is 28.7 Å². The van der Waals surface area contributed by atoms with Crippen molar-refractivity contribution in [1.82, 2.24) is 14.5 Å².